The molecule has 3 rings (SSSR count). The molecule has 0 aliphatic heterocycles. The van der Waals surface area contributed by atoms with Crippen LogP contribution < -0.4 is 9.62 Å². The van der Waals surface area contributed by atoms with Gasteiger partial charge in [-0.1, -0.05) is 55.5 Å². The van der Waals surface area contributed by atoms with Crippen molar-refractivity contribution in [1.29, 1.82) is 0 Å². The molecular weight excluding hydrogens is 517 g/mol. The quantitative estimate of drug-likeness (QED) is 0.361. The maximum absolute atomic E-state index is 14.0. The van der Waals surface area contributed by atoms with E-state index in [1.807, 2.05) is 57.2 Å². The van der Waals surface area contributed by atoms with Crippen molar-refractivity contribution in [1.82, 2.24) is 10.2 Å². The lowest BCUT2D eigenvalue weighted by atomic mass is 10.0. The first-order valence-corrected chi connectivity index (χ1v) is 14.7. The fraction of sp³-hybridized carbons (Fsp3) is 0.333. The Balaban J connectivity index is 2.05. The molecule has 0 spiro atoms. The lowest BCUT2D eigenvalue weighted by Gasteiger charge is -2.33. The van der Waals surface area contributed by atoms with Crippen LogP contribution in [0.1, 0.15) is 35.6 Å². The molecule has 0 aliphatic rings. The van der Waals surface area contributed by atoms with Crippen LogP contribution >= 0.6 is 0 Å². The van der Waals surface area contributed by atoms with Gasteiger partial charge in [-0.3, -0.25) is 13.9 Å². The van der Waals surface area contributed by atoms with Gasteiger partial charge in [0.15, 0.2) is 0 Å². The first-order chi connectivity index (χ1) is 18.5. The predicted molar refractivity (Wildman–Crippen MR) is 152 cm³/mol. The highest BCUT2D eigenvalue weighted by Gasteiger charge is 2.33. The highest BCUT2D eigenvalue weighted by molar-refractivity contribution is 7.92. The number of anilines is 1. The van der Waals surface area contributed by atoms with Crippen LogP contribution in [0.25, 0.3) is 0 Å². The van der Waals surface area contributed by atoms with Crippen molar-refractivity contribution in [2.24, 2.45) is 0 Å². The average Bonchev–Trinajstić information content (AvgIpc) is 2.88. The van der Waals surface area contributed by atoms with Crippen molar-refractivity contribution in [3.63, 3.8) is 0 Å². The van der Waals surface area contributed by atoms with E-state index >= 15 is 0 Å². The number of aryl methyl sites for hydroxylation is 2. The second-order valence-corrected chi connectivity index (χ2v) is 11.7. The number of hydrogen-bond donors (Lipinski definition) is 1. The van der Waals surface area contributed by atoms with Gasteiger partial charge in [-0.15, -0.1) is 0 Å². The van der Waals surface area contributed by atoms with Gasteiger partial charge in [0.2, 0.25) is 21.8 Å². The van der Waals surface area contributed by atoms with E-state index in [0.717, 1.165) is 27.3 Å². The maximum atomic E-state index is 14.0. The van der Waals surface area contributed by atoms with Gasteiger partial charge in [0, 0.05) is 19.5 Å². The van der Waals surface area contributed by atoms with Gasteiger partial charge in [-0.05, 0) is 66.8 Å². The standard InChI is InChI=1S/C30H36FN3O4S/c1-5-15-32-30(36)28(19-24-9-7-6-8-10-24)33(20-25-11-13-26(31)14-12-25)29(35)21-34(39(4,37)38)27-17-22(2)16-23(3)18-27/h6-14,16-18,28H,5,15,19-21H2,1-4H3,(H,32,36)/t28-/m1/s1. The molecule has 1 atom stereocenters. The number of nitrogens with zero attached hydrogens (tertiary/aromatic N) is 2. The minimum atomic E-state index is -3.84. The number of carbonyl (C=O) groups excluding carboxylic acids is 2. The zero-order chi connectivity index (χ0) is 28.6. The van der Waals surface area contributed by atoms with E-state index in [1.54, 1.807) is 24.3 Å². The van der Waals surface area contributed by atoms with Crippen LogP contribution in [0.3, 0.4) is 0 Å². The van der Waals surface area contributed by atoms with E-state index in [1.165, 1.54) is 17.0 Å². The van der Waals surface area contributed by atoms with Gasteiger partial charge < -0.3 is 10.2 Å². The lowest BCUT2D eigenvalue weighted by Crippen LogP contribution is -2.53. The molecule has 1 N–H and O–H groups in total. The summed E-state index contributed by atoms with van der Waals surface area (Å²) in [4.78, 5) is 28.8. The summed E-state index contributed by atoms with van der Waals surface area (Å²) in [5, 5.41) is 2.89. The molecule has 0 saturated heterocycles. The molecule has 0 heterocycles. The van der Waals surface area contributed by atoms with Crippen molar-refractivity contribution in [2.45, 2.75) is 46.2 Å². The number of halogens is 1. The fourth-order valence-corrected chi connectivity index (χ4v) is 5.25. The number of hydrogen-bond acceptors (Lipinski definition) is 4. The molecule has 0 aromatic heterocycles. The summed E-state index contributed by atoms with van der Waals surface area (Å²) in [5.74, 6) is -1.30. The third-order valence-electron chi connectivity index (χ3n) is 6.26. The molecule has 3 aromatic rings. The van der Waals surface area contributed by atoms with E-state index in [9.17, 15) is 22.4 Å². The molecule has 208 valence electrons. The molecule has 0 radical (unpaired) electrons. The predicted octanol–water partition coefficient (Wildman–Crippen LogP) is 4.37. The van der Waals surface area contributed by atoms with E-state index in [4.69, 9.17) is 0 Å². The van der Waals surface area contributed by atoms with Crippen LogP contribution in [0, 0.1) is 19.7 Å². The Hall–Kier alpha value is -3.72. The molecule has 7 nitrogen and oxygen atoms in total. The first-order valence-electron chi connectivity index (χ1n) is 12.9. The third-order valence-corrected chi connectivity index (χ3v) is 7.40. The van der Waals surface area contributed by atoms with Crippen LogP contribution in [0.4, 0.5) is 10.1 Å². The number of sulfonamides is 1. The molecule has 39 heavy (non-hydrogen) atoms. The van der Waals surface area contributed by atoms with Crippen LogP contribution in [0.15, 0.2) is 72.8 Å². The number of benzene rings is 3. The molecule has 0 bridgehead atoms. The molecule has 0 aliphatic carbocycles. The summed E-state index contributed by atoms with van der Waals surface area (Å²) in [5.41, 5.74) is 3.55. The van der Waals surface area contributed by atoms with Crippen LogP contribution in [-0.2, 0) is 32.6 Å². The van der Waals surface area contributed by atoms with Gasteiger partial charge in [0.25, 0.3) is 0 Å². The summed E-state index contributed by atoms with van der Waals surface area (Å²) in [7, 11) is -3.84. The average molecular weight is 554 g/mol. The molecule has 2 amide bonds. The van der Waals surface area contributed by atoms with Crippen molar-refractivity contribution in [3.8, 4) is 0 Å². The summed E-state index contributed by atoms with van der Waals surface area (Å²) in [6.45, 7) is 5.58. The lowest BCUT2D eigenvalue weighted by molar-refractivity contribution is -0.140. The van der Waals surface area contributed by atoms with Crippen LogP contribution in [0.5, 0.6) is 0 Å². The van der Waals surface area contributed by atoms with Gasteiger partial charge in [-0.25, -0.2) is 12.8 Å². The Morgan fingerprint density at radius 2 is 1.54 bits per heavy atom. The Morgan fingerprint density at radius 3 is 2.10 bits per heavy atom. The minimum absolute atomic E-state index is 0.000601. The Labute approximate surface area is 230 Å². The molecule has 0 unspecified atom stereocenters. The normalized spacial score (nSPS) is 12.0. The highest BCUT2D eigenvalue weighted by Crippen LogP contribution is 2.23. The summed E-state index contributed by atoms with van der Waals surface area (Å²) >= 11 is 0. The van der Waals surface area contributed by atoms with Crippen molar-refractivity contribution >= 4 is 27.5 Å². The van der Waals surface area contributed by atoms with E-state index in [-0.39, 0.29) is 18.9 Å². The SMILES string of the molecule is CCCNC(=O)[C@@H](Cc1ccccc1)N(Cc1ccc(F)cc1)C(=O)CN(c1cc(C)cc(C)c1)S(C)(=O)=O. The van der Waals surface area contributed by atoms with Crippen molar-refractivity contribution < 1.29 is 22.4 Å². The van der Waals surface area contributed by atoms with E-state index in [2.05, 4.69) is 5.32 Å². The zero-order valence-corrected chi connectivity index (χ0v) is 23.7. The van der Waals surface area contributed by atoms with E-state index in [0.29, 0.717) is 24.2 Å². The zero-order valence-electron chi connectivity index (χ0n) is 22.9. The Kier molecular flexibility index (Phi) is 10.2. The molecule has 9 heteroatoms. The fourth-order valence-electron chi connectivity index (χ4n) is 4.41. The maximum Gasteiger partial charge on any atom is 0.244 e. The minimum Gasteiger partial charge on any atom is -0.354 e. The second-order valence-electron chi connectivity index (χ2n) is 9.76. The first kappa shape index (κ1) is 29.8. The van der Waals surface area contributed by atoms with Crippen LogP contribution in [-0.4, -0.2) is 50.5 Å². The Bertz CT molecular complexity index is 1360. The number of carbonyl (C=O) groups is 2. The number of rotatable bonds is 12. The van der Waals surface area contributed by atoms with E-state index < -0.39 is 34.3 Å². The summed E-state index contributed by atoms with van der Waals surface area (Å²) in [6.07, 6.45) is 1.99. The molecular formula is C30H36FN3O4S. The van der Waals surface area contributed by atoms with Crippen molar-refractivity contribution in [2.75, 3.05) is 23.7 Å². The molecule has 3 aromatic carbocycles. The molecule has 0 fully saturated rings. The van der Waals surface area contributed by atoms with Gasteiger partial charge in [-0.2, -0.15) is 0 Å². The number of nitrogens with one attached hydrogen (secondary N) is 1. The monoisotopic (exact) mass is 553 g/mol. The molecule has 0 saturated carbocycles. The van der Waals surface area contributed by atoms with Crippen molar-refractivity contribution in [3.05, 3.63) is 101 Å². The Morgan fingerprint density at radius 1 is 0.923 bits per heavy atom. The third kappa shape index (κ3) is 8.64. The smallest absolute Gasteiger partial charge is 0.244 e. The summed E-state index contributed by atoms with van der Waals surface area (Å²) in [6, 6.07) is 19.4. The number of amides is 2. The largest absolute Gasteiger partial charge is 0.354 e. The van der Waals surface area contributed by atoms with Gasteiger partial charge in [0.05, 0.1) is 11.9 Å². The van der Waals surface area contributed by atoms with Crippen LogP contribution in [0.2, 0.25) is 0 Å². The second kappa shape index (κ2) is 13.4. The van der Waals surface area contributed by atoms with Gasteiger partial charge >= 0.3 is 0 Å². The summed E-state index contributed by atoms with van der Waals surface area (Å²) < 4.78 is 40.5. The van der Waals surface area contributed by atoms with Gasteiger partial charge in [0.1, 0.15) is 18.4 Å². The topological polar surface area (TPSA) is 86.8 Å². The highest BCUT2D eigenvalue weighted by atomic mass is 32.2.